The fraction of sp³-hybridized carbons (Fsp3) is 0.438. The Hall–Kier alpha value is -1.49. The first-order valence-corrected chi connectivity index (χ1v) is 7.00. The molecular formula is C16H20N2O2. The normalized spacial score (nSPS) is 22.4. The number of benzene rings is 1. The Balaban J connectivity index is 1.62. The number of rotatable bonds is 5. The highest BCUT2D eigenvalue weighted by molar-refractivity contribution is 5.78. The molecule has 2 heterocycles. The number of nitrogens with one attached hydrogen (secondary N) is 1. The molecular weight excluding hydrogens is 252 g/mol. The van der Waals surface area contributed by atoms with Crippen molar-refractivity contribution in [1.82, 2.24) is 10.3 Å². The Morgan fingerprint density at radius 2 is 2.20 bits per heavy atom. The summed E-state index contributed by atoms with van der Waals surface area (Å²) in [5, 5.41) is 4.61. The van der Waals surface area contributed by atoms with Crippen LogP contribution in [0.3, 0.4) is 0 Å². The summed E-state index contributed by atoms with van der Waals surface area (Å²) in [4.78, 5) is 4.65. The van der Waals surface area contributed by atoms with Gasteiger partial charge in [-0.25, -0.2) is 0 Å². The number of aromatic nitrogens is 1. The SMILES string of the molecule is COC1(CNCc2ccc3ccccc3n2)CCOC1. The first kappa shape index (κ1) is 13.5. The van der Waals surface area contributed by atoms with Crippen LogP contribution in [0.5, 0.6) is 0 Å². The number of para-hydroxylation sites is 1. The minimum Gasteiger partial charge on any atom is -0.378 e. The molecule has 0 aliphatic carbocycles. The number of nitrogens with zero attached hydrogens (tertiary/aromatic N) is 1. The van der Waals surface area contributed by atoms with Gasteiger partial charge in [0.1, 0.15) is 5.60 Å². The van der Waals surface area contributed by atoms with Gasteiger partial charge in [0.2, 0.25) is 0 Å². The molecule has 0 bridgehead atoms. The highest BCUT2D eigenvalue weighted by Crippen LogP contribution is 2.21. The Morgan fingerprint density at radius 3 is 3.00 bits per heavy atom. The van der Waals surface area contributed by atoms with Crippen LogP contribution in [-0.2, 0) is 16.0 Å². The molecule has 0 spiro atoms. The third-order valence-electron chi connectivity index (χ3n) is 3.91. The summed E-state index contributed by atoms with van der Waals surface area (Å²) in [7, 11) is 1.75. The third kappa shape index (κ3) is 2.82. The maximum Gasteiger partial charge on any atom is 0.106 e. The van der Waals surface area contributed by atoms with E-state index in [9.17, 15) is 0 Å². The molecule has 3 rings (SSSR count). The zero-order chi connectivity index (χ0) is 13.8. The predicted molar refractivity (Wildman–Crippen MR) is 78.6 cm³/mol. The van der Waals surface area contributed by atoms with Crippen LogP contribution in [0.2, 0.25) is 0 Å². The number of pyridine rings is 1. The quantitative estimate of drug-likeness (QED) is 0.905. The van der Waals surface area contributed by atoms with Crippen LogP contribution >= 0.6 is 0 Å². The summed E-state index contributed by atoms with van der Waals surface area (Å²) < 4.78 is 11.0. The number of hydrogen-bond acceptors (Lipinski definition) is 4. The van der Waals surface area contributed by atoms with Gasteiger partial charge in [-0.05, 0) is 12.1 Å². The second kappa shape index (κ2) is 5.87. The average molecular weight is 272 g/mol. The molecule has 4 nitrogen and oxygen atoms in total. The van der Waals surface area contributed by atoms with Gasteiger partial charge in [-0.1, -0.05) is 24.3 Å². The number of hydrogen-bond donors (Lipinski definition) is 1. The Labute approximate surface area is 119 Å². The van der Waals surface area contributed by atoms with Crippen LogP contribution in [0, 0.1) is 0 Å². The van der Waals surface area contributed by atoms with Crippen LogP contribution in [-0.4, -0.2) is 37.5 Å². The predicted octanol–water partition coefficient (Wildman–Crippen LogP) is 2.13. The van der Waals surface area contributed by atoms with Crippen LogP contribution in [0.25, 0.3) is 10.9 Å². The Bertz CT molecular complexity index is 579. The van der Waals surface area contributed by atoms with Crippen molar-refractivity contribution in [3.05, 3.63) is 42.1 Å². The van der Waals surface area contributed by atoms with Crippen LogP contribution in [0.4, 0.5) is 0 Å². The maximum atomic E-state index is 5.60. The van der Waals surface area contributed by atoms with Crippen LogP contribution in [0.15, 0.2) is 36.4 Å². The second-order valence-corrected chi connectivity index (χ2v) is 5.29. The van der Waals surface area contributed by atoms with Crippen molar-refractivity contribution < 1.29 is 9.47 Å². The van der Waals surface area contributed by atoms with Crippen molar-refractivity contribution in [1.29, 1.82) is 0 Å². The van der Waals surface area contributed by atoms with Crippen LogP contribution < -0.4 is 5.32 Å². The second-order valence-electron chi connectivity index (χ2n) is 5.29. The molecule has 1 saturated heterocycles. The van der Waals surface area contributed by atoms with E-state index in [1.165, 1.54) is 5.39 Å². The lowest BCUT2D eigenvalue weighted by Gasteiger charge is -2.25. The molecule has 2 aromatic rings. The minimum atomic E-state index is -0.170. The lowest BCUT2D eigenvalue weighted by molar-refractivity contribution is -0.0159. The Morgan fingerprint density at radius 1 is 1.30 bits per heavy atom. The highest BCUT2D eigenvalue weighted by atomic mass is 16.5. The third-order valence-corrected chi connectivity index (χ3v) is 3.91. The van der Waals surface area contributed by atoms with Gasteiger partial charge in [0.05, 0.1) is 17.8 Å². The van der Waals surface area contributed by atoms with Crippen molar-refractivity contribution >= 4 is 10.9 Å². The van der Waals surface area contributed by atoms with E-state index in [1.807, 2.05) is 18.2 Å². The number of fused-ring (bicyclic) bond motifs is 1. The molecule has 1 aromatic carbocycles. The van der Waals surface area contributed by atoms with Crippen molar-refractivity contribution in [3.8, 4) is 0 Å². The molecule has 1 N–H and O–H groups in total. The van der Waals surface area contributed by atoms with E-state index < -0.39 is 0 Å². The summed E-state index contributed by atoms with van der Waals surface area (Å²) in [6, 6.07) is 12.4. The van der Waals surface area contributed by atoms with Gasteiger partial charge in [-0.15, -0.1) is 0 Å². The highest BCUT2D eigenvalue weighted by Gasteiger charge is 2.34. The number of methoxy groups -OCH3 is 1. The molecule has 1 aliphatic rings. The molecule has 1 unspecified atom stereocenters. The summed E-state index contributed by atoms with van der Waals surface area (Å²) >= 11 is 0. The zero-order valence-electron chi connectivity index (χ0n) is 11.8. The molecule has 20 heavy (non-hydrogen) atoms. The van der Waals surface area contributed by atoms with E-state index in [2.05, 4.69) is 28.5 Å². The van der Waals surface area contributed by atoms with E-state index in [-0.39, 0.29) is 5.60 Å². The monoisotopic (exact) mass is 272 g/mol. The van der Waals surface area contributed by atoms with E-state index >= 15 is 0 Å². The molecule has 0 amide bonds. The molecule has 1 aromatic heterocycles. The van der Waals surface area contributed by atoms with E-state index in [0.717, 1.165) is 37.3 Å². The van der Waals surface area contributed by atoms with Crippen LogP contribution in [0.1, 0.15) is 12.1 Å². The van der Waals surface area contributed by atoms with E-state index in [4.69, 9.17) is 9.47 Å². The average Bonchev–Trinajstić information content (AvgIpc) is 2.96. The maximum absolute atomic E-state index is 5.60. The smallest absolute Gasteiger partial charge is 0.106 e. The molecule has 1 atom stereocenters. The summed E-state index contributed by atoms with van der Waals surface area (Å²) in [6.45, 7) is 2.99. The first-order valence-electron chi connectivity index (χ1n) is 7.00. The van der Waals surface area contributed by atoms with Gasteiger partial charge in [0.15, 0.2) is 0 Å². The van der Waals surface area contributed by atoms with Gasteiger partial charge in [0.25, 0.3) is 0 Å². The van der Waals surface area contributed by atoms with E-state index in [0.29, 0.717) is 6.61 Å². The lowest BCUT2D eigenvalue weighted by Crippen LogP contribution is -2.42. The fourth-order valence-electron chi connectivity index (χ4n) is 2.59. The van der Waals surface area contributed by atoms with Gasteiger partial charge in [0, 0.05) is 38.6 Å². The Kier molecular flexibility index (Phi) is 3.96. The summed E-state index contributed by atoms with van der Waals surface area (Å²) in [5.74, 6) is 0. The van der Waals surface area contributed by atoms with Crippen molar-refractivity contribution in [2.45, 2.75) is 18.6 Å². The number of ether oxygens (including phenoxy) is 2. The summed E-state index contributed by atoms with van der Waals surface area (Å²) in [5.41, 5.74) is 1.92. The molecule has 4 heteroatoms. The van der Waals surface area contributed by atoms with Gasteiger partial charge in [-0.3, -0.25) is 4.98 Å². The van der Waals surface area contributed by atoms with Gasteiger partial charge in [-0.2, -0.15) is 0 Å². The lowest BCUT2D eigenvalue weighted by atomic mass is 10.0. The molecule has 1 fully saturated rings. The molecule has 0 saturated carbocycles. The molecule has 0 radical (unpaired) electrons. The largest absolute Gasteiger partial charge is 0.378 e. The van der Waals surface area contributed by atoms with Gasteiger partial charge >= 0.3 is 0 Å². The topological polar surface area (TPSA) is 43.4 Å². The zero-order valence-corrected chi connectivity index (χ0v) is 11.8. The van der Waals surface area contributed by atoms with Crippen molar-refractivity contribution in [2.75, 3.05) is 26.9 Å². The van der Waals surface area contributed by atoms with Crippen molar-refractivity contribution in [3.63, 3.8) is 0 Å². The van der Waals surface area contributed by atoms with E-state index in [1.54, 1.807) is 7.11 Å². The fourth-order valence-corrected chi connectivity index (χ4v) is 2.59. The first-order chi connectivity index (χ1) is 9.81. The summed E-state index contributed by atoms with van der Waals surface area (Å²) in [6.07, 6.45) is 0.946. The van der Waals surface area contributed by atoms with Gasteiger partial charge < -0.3 is 14.8 Å². The molecule has 106 valence electrons. The minimum absolute atomic E-state index is 0.170. The standard InChI is InChI=1S/C16H20N2O2/c1-19-16(8-9-20-12-16)11-17-10-14-7-6-13-4-2-3-5-15(13)18-14/h2-7,17H,8-12H2,1H3. The molecule has 1 aliphatic heterocycles. The van der Waals surface area contributed by atoms with Crippen molar-refractivity contribution in [2.24, 2.45) is 0 Å².